The molecule has 24 heavy (non-hydrogen) atoms. The standard InChI is InChI=1S/C19H20N2O3/c1-2-13-6-8-15(9-7-13)23-12-16-11-21-18-14(4-3-5-17(18)22)10-20-19(21)24-16/h6-9,11H,2-5,10,12H2,1H3. The zero-order chi connectivity index (χ0) is 16.5. The van der Waals surface area contributed by atoms with Crippen LogP contribution in [0.2, 0.25) is 0 Å². The number of hydrogen-bond acceptors (Lipinski definition) is 5. The van der Waals surface area contributed by atoms with Gasteiger partial charge in [0.2, 0.25) is 0 Å². The summed E-state index contributed by atoms with van der Waals surface area (Å²) < 4.78 is 11.5. The van der Waals surface area contributed by atoms with Crippen molar-refractivity contribution in [3.8, 4) is 5.75 Å². The first-order valence-corrected chi connectivity index (χ1v) is 8.44. The molecule has 0 amide bonds. The smallest absolute Gasteiger partial charge is 0.302 e. The van der Waals surface area contributed by atoms with Crippen LogP contribution in [0, 0.1) is 0 Å². The van der Waals surface area contributed by atoms with Gasteiger partial charge >= 0.3 is 6.02 Å². The molecule has 0 N–H and O–H groups in total. The van der Waals surface area contributed by atoms with Crippen LogP contribution in [-0.4, -0.2) is 29.9 Å². The van der Waals surface area contributed by atoms with E-state index in [9.17, 15) is 4.79 Å². The molecule has 5 heteroatoms. The first kappa shape index (κ1) is 15.0. The molecule has 0 spiro atoms. The second kappa shape index (κ2) is 6.15. The van der Waals surface area contributed by atoms with E-state index in [1.54, 1.807) is 4.90 Å². The van der Waals surface area contributed by atoms with E-state index in [1.807, 2.05) is 18.3 Å². The second-order valence-corrected chi connectivity index (χ2v) is 6.18. The van der Waals surface area contributed by atoms with Crippen molar-refractivity contribution in [1.82, 2.24) is 4.90 Å². The topological polar surface area (TPSA) is 51.1 Å². The third-order valence-electron chi connectivity index (χ3n) is 4.54. The number of amidine groups is 1. The molecule has 4 rings (SSSR count). The lowest BCUT2D eigenvalue weighted by atomic mass is 9.94. The van der Waals surface area contributed by atoms with Gasteiger partial charge in [0.05, 0.1) is 18.4 Å². The predicted octanol–water partition coefficient (Wildman–Crippen LogP) is 3.18. The summed E-state index contributed by atoms with van der Waals surface area (Å²) in [5.41, 5.74) is 3.15. The van der Waals surface area contributed by atoms with E-state index in [-0.39, 0.29) is 5.78 Å². The number of nitrogens with zero attached hydrogens (tertiary/aromatic N) is 2. The molecule has 0 saturated heterocycles. The number of aryl methyl sites for hydroxylation is 1. The Balaban J connectivity index is 1.47. The summed E-state index contributed by atoms with van der Waals surface area (Å²) in [6.07, 6.45) is 5.31. The molecule has 0 bridgehead atoms. The lowest BCUT2D eigenvalue weighted by molar-refractivity contribution is -0.117. The van der Waals surface area contributed by atoms with Crippen molar-refractivity contribution in [1.29, 1.82) is 0 Å². The van der Waals surface area contributed by atoms with Crippen molar-refractivity contribution in [3.63, 3.8) is 0 Å². The van der Waals surface area contributed by atoms with Gasteiger partial charge in [-0.3, -0.25) is 9.69 Å². The second-order valence-electron chi connectivity index (χ2n) is 6.18. The van der Waals surface area contributed by atoms with Gasteiger partial charge in [-0.05, 0) is 42.5 Å². The van der Waals surface area contributed by atoms with Crippen LogP contribution >= 0.6 is 0 Å². The van der Waals surface area contributed by atoms with Gasteiger partial charge < -0.3 is 9.47 Å². The number of carbonyl (C=O) groups excluding carboxylic acids is 1. The summed E-state index contributed by atoms with van der Waals surface area (Å²) in [5.74, 6) is 1.65. The minimum Gasteiger partial charge on any atom is -0.486 e. The normalized spacial score (nSPS) is 19.4. The summed E-state index contributed by atoms with van der Waals surface area (Å²) in [6.45, 7) is 3.00. The number of ether oxygens (including phenoxy) is 2. The fourth-order valence-electron chi connectivity index (χ4n) is 3.22. The molecule has 0 fully saturated rings. The number of rotatable bonds is 4. The van der Waals surface area contributed by atoms with Gasteiger partial charge in [-0.25, -0.2) is 4.99 Å². The van der Waals surface area contributed by atoms with Crippen LogP contribution in [0.5, 0.6) is 5.75 Å². The highest BCUT2D eigenvalue weighted by molar-refractivity contribution is 6.02. The Hall–Kier alpha value is -2.56. The highest BCUT2D eigenvalue weighted by Gasteiger charge is 2.35. The maximum absolute atomic E-state index is 12.2. The van der Waals surface area contributed by atoms with E-state index >= 15 is 0 Å². The van der Waals surface area contributed by atoms with Crippen molar-refractivity contribution in [2.75, 3.05) is 13.2 Å². The van der Waals surface area contributed by atoms with Gasteiger partial charge in [0.25, 0.3) is 0 Å². The van der Waals surface area contributed by atoms with Crippen LogP contribution in [-0.2, 0) is 16.0 Å². The van der Waals surface area contributed by atoms with E-state index in [4.69, 9.17) is 9.47 Å². The Bertz CT molecular complexity index is 759. The fraction of sp³-hybridized carbons (Fsp3) is 0.368. The maximum atomic E-state index is 12.2. The van der Waals surface area contributed by atoms with Crippen LogP contribution in [0.3, 0.4) is 0 Å². The number of fused-ring (bicyclic) bond motifs is 2. The monoisotopic (exact) mass is 324 g/mol. The minimum absolute atomic E-state index is 0.181. The van der Waals surface area contributed by atoms with Crippen molar-refractivity contribution in [2.24, 2.45) is 4.99 Å². The summed E-state index contributed by atoms with van der Waals surface area (Å²) in [5, 5.41) is 0. The lowest BCUT2D eigenvalue weighted by Crippen LogP contribution is -2.33. The molecular formula is C19H20N2O3. The Labute approximate surface area is 141 Å². The first-order valence-electron chi connectivity index (χ1n) is 8.44. The van der Waals surface area contributed by atoms with Crippen molar-refractivity contribution in [3.05, 3.63) is 53.1 Å². The largest absolute Gasteiger partial charge is 0.486 e. The molecule has 1 aromatic carbocycles. The van der Waals surface area contributed by atoms with Crippen molar-refractivity contribution < 1.29 is 14.3 Å². The minimum atomic E-state index is 0.181. The lowest BCUT2D eigenvalue weighted by Gasteiger charge is -2.27. The molecule has 2 heterocycles. The highest BCUT2D eigenvalue weighted by Crippen LogP contribution is 2.32. The number of ketones is 1. The molecule has 0 unspecified atom stereocenters. The SMILES string of the molecule is CCc1ccc(OCC2=CN3C(=NCC4=C3C(=O)CCC4)O2)cc1. The van der Waals surface area contributed by atoms with Gasteiger partial charge in [0, 0.05) is 6.42 Å². The maximum Gasteiger partial charge on any atom is 0.302 e. The molecule has 3 aliphatic rings. The van der Waals surface area contributed by atoms with Crippen LogP contribution in [0.25, 0.3) is 0 Å². The molecule has 5 nitrogen and oxygen atoms in total. The van der Waals surface area contributed by atoms with Gasteiger partial charge in [-0.2, -0.15) is 0 Å². The van der Waals surface area contributed by atoms with E-state index in [1.165, 1.54) is 5.56 Å². The third-order valence-corrected chi connectivity index (χ3v) is 4.54. The van der Waals surface area contributed by atoms with E-state index in [0.717, 1.165) is 36.3 Å². The summed E-state index contributed by atoms with van der Waals surface area (Å²) in [6, 6.07) is 8.54. The predicted molar refractivity (Wildman–Crippen MR) is 90.5 cm³/mol. The average Bonchev–Trinajstić information content (AvgIpc) is 3.03. The highest BCUT2D eigenvalue weighted by atomic mass is 16.5. The zero-order valence-corrected chi connectivity index (χ0v) is 13.7. The van der Waals surface area contributed by atoms with E-state index in [2.05, 4.69) is 24.0 Å². The molecular weight excluding hydrogens is 304 g/mol. The number of carbonyl (C=O) groups is 1. The number of allylic oxidation sites excluding steroid dienone is 1. The molecule has 1 aliphatic carbocycles. The molecule has 124 valence electrons. The first-order chi connectivity index (χ1) is 11.7. The third kappa shape index (κ3) is 2.70. The van der Waals surface area contributed by atoms with Crippen molar-refractivity contribution >= 4 is 11.8 Å². The summed E-state index contributed by atoms with van der Waals surface area (Å²) in [7, 11) is 0. The molecule has 0 saturated carbocycles. The van der Waals surface area contributed by atoms with Crippen LogP contribution in [0.4, 0.5) is 0 Å². The Morgan fingerprint density at radius 2 is 2.08 bits per heavy atom. The number of aliphatic imine (C=N–C) groups is 1. The van der Waals surface area contributed by atoms with E-state index in [0.29, 0.717) is 31.4 Å². The molecule has 2 aliphatic heterocycles. The van der Waals surface area contributed by atoms with Crippen LogP contribution in [0.15, 0.2) is 52.5 Å². The quantitative estimate of drug-likeness (QED) is 0.853. The van der Waals surface area contributed by atoms with Gasteiger partial charge in [0.1, 0.15) is 12.4 Å². The van der Waals surface area contributed by atoms with Crippen LogP contribution in [0.1, 0.15) is 31.7 Å². The molecule has 1 aromatic rings. The van der Waals surface area contributed by atoms with Gasteiger partial charge in [0.15, 0.2) is 11.5 Å². The average molecular weight is 324 g/mol. The Kier molecular flexibility index (Phi) is 3.84. The molecule has 0 atom stereocenters. The van der Waals surface area contributed by atoms with Gasteiger partial charge in [-0.15, -0.1) is 0 Å². The Morgan fingerprint density at radius 3 is 2.88 bits per heavy atom. The number of Topliss-reactive ketones (excluding diaryl/α,β-unsaturated/α-hetero) is 1. The van der Waals surface area contributed by atoms with E-state index < -0.39 is 0 Å². The number of benzene rings is 1. The van der Waals surface area contributed by atoms with Crippen molar-refractivity contribution in [2.45, 2.75) is 32.6 Å². The summed E-state index contributed by atoms with van der Waals surface area (Å²) >= 11 is 0. The fourth-order valence-corrected chi connectivity index (χ4v) is 3.22. The van der Waals surface area contributed by atoms with Gasteiger partial charge in [-0.1, -0.05) is 19.1 Å². The molecule has 0 aromatic heterocycles. The Morgan fingerprint density at radius 1 is 1.25 bits per heavy atom. The molecule has 0 radical (unpaired) electrons. The summed E-state index contributed by atoms with van der Waals surface area (Å²) in [4.78, 5) is 18.5. The number of hydrogen-bond donors (Lipinski definition) is 0. The zero-order valence-electron chi connectivity index (χ0n) is 13.7. The van der Waals surface area contributed by atoms with Crippen LogP contribution < -0.4 is 4.74 Å².